The quantitative estimate of drug-likeness (QED) is 0.671. The molecule has 3 rings (SSSR count). The van der Waals surface area contributed by atoms with E-state index in [1.807, 2.05) is 9.58 Å². The lowest BCUT2D eigenvalue weighted by molar-refractivity contribution is -0.936. The van der Waals surface area contributed by atoms with Crippen molar-refractivity contribution >= 4 is 5.91 Å². The number of piperazine rings is 1. The van der Waals surface area contributed by atoms with Gasteiger partial charge in [-0.1, -0.05) is 13.3 Å². The van der Waals surface area contributed by atoms with Gasteiger partial charge >= 0.3 is 0 Å². The van der Waals surface area contributed by atoms with Gasteiger partial charge in [0.05, 0.1) is 45.6 Å². The van der Waals surface area contributed by atoms with Gasteiger partial charge in [0.25, 0.3) is 5.91 Å². The SMILES string of the molecule is CCCC[C@H](c1nnnn1CCOC)[NH+]1CCN(C(=O)c2ccco2)CC1. The van der Waals surface area contributed by atoms with Crippen LogP contribution in [0, 0.1) is 0 Å². The number of rotatable bonds is 9. The van der Waals surface area contributed by atoms with E-state index in [2.05, 4.69) is 22.4 Å². The monoisotopic (exact) mass is 377 g/mol. The number of ether oxygens (including phenoxy) is 1. The molecule has 2 aromatic heterocycles. The number of aromatic nitrogens is 4. The predicted octanol–water partition coefficient (Wildman–Crippen LogP) is 0.185. The molecule has 2 aromatic rings. The Morgan fingerprint density at radius 1 is 1.41 bits per heavy atom. The standard InChI is InChI=1S/C18H28N6O3/c1-3-4-6-15(17-19-20-21-24(17)12-14-26-2)22-8-10-23(11-9-22)18(25)16-7-5-13-27-16/h5,7,13,15H,3-4,6,8-12,14H2,1-2H3/p+1/t15-/m1/s1. The summed E-state index contributed by atoms with van der Waals surface area (Å²) in [6.07, 6.45) is 4.83. The minimum atomic E-state index is -0.0333. The fraction of sp³-hybridized carbons (Fsp3) is 0.667. The molecule has 0 aromatic carbocycles. The van der Waals surface area contributed by atoms with Gasteiger partial charge in [-0.2, -0.15) is 0 Å². The lowest BCUT2D eigenvalue weighted by Gasteiger charge is -2.35. The normalized spacial score (nSPS) is 16.6. The number of carbonyl (C=O) groups excluding carboxylic acids is 1. The first-order valence-corrected chi connectivity index (χ1v) is 9.67. The zero-order valence-electron chi connectivity index (χ0n) is 16.1. The van der Waals surface area contributed by atoms with E-state index in [1.54, 1.807) is 19.2 Å². The van der Waals surface area contributed by atoms with E-state index >= 15 is 0 Å². The number of tetrazole rings is 1. The van der Waals surface area contributed by atoms with E-state index in [-0.39, 0.29) is 11.9 Å². The number of quaternary nitrogens is 1. The van der Waals surface area contributed by atoms with Crippen molar-refractivity contribution < 1.29 is 18.8 Å². The second-order valence-electron chi connectivity index (χ2n) is 6.88. The van der Waals surface area contributed by atoms with Crippen molar-refractivity contribution in [1.29, 1.82) is 0 Å². The maximum absolute atomic E-state index is 12.5. The van der Waals surface area contributed by atoms with Crippen molar-refractivity contribution in [3.05, 3.63) is 30.0 Å². The van der Waals surface area contributed by atoms with E-state index in [4.69, 9.17) is 9.15 Å². The third-order valence-electron chi connectivity index (χ3n) is 5.14. The van der Waals surface area contributed by atoms with Crippen LogP contribution in [0.2, 0.25) is 0 Å². The van der Waals surface area contributed by atoms with Crippen molar-refractivity contribution in [2.24, 2.45) is 0 Å². The zero-order valence-corrected chi connectivity index (χ0v) is 16.1. The van der Waals surface area contributed by atoms with Crippen LogP contribution in [0.4, 0.5) is 0 Å². The Balaban J connectivity index is 1.66. The van der Waals surface area contributed by atoms with Crippen LogP contribution in [0.3, 0.4) is 0 Å². The Labute approximate surface area is 159 Å². The molecule has 0 unspecified atom stereocenters. The number of carbonyl (C=O) groups is 1. The smallest absolute Gasteiger partial charge is 0.289 e. The summed E-state index contributed by atoms with van der Waals surface area (Å²) < 4.78 is 12.3. The van der Waals surface area contributed by atoms with E-state index in [0.29, 0.717) is 32.0 Å². The van der Waals surface area contributed by atoms with Crippen LogP contribution < -0.4 is 4.90 Å². The number of nitrogens with one attached hydrogen (secondary N) is 1. The maximum atomic E-state index is 12.5. The summed E-state index contributed by atoms with van der Waals surface area (Å²) in [5, 5.41) is 12.4. The summed E-state index contributed by atoms with van der Waals surface area (Å²) in [7, 11) is 1.68. The summed E-state index contributed by atoms with van der Waals surface area (Å²) in [6.45, 7) is 6.58. The number of amides is 1. The van der Waals surface area contributed by atoms with Crippen molar-refractivity contribution in [3.63, 3.8) is 0 Å². The van der Waals surface area contributed by atoms with Crippen molar-refractivity contribution in [2.45, 2.75) is 38.8 Å². The number of unbranched alkanes of at least 4 members (excludes halogenated alkanes) is 1. The van der Waals surface area contributed by atoms with Crippen molar-refractivity contribution in [1.82, 2.24) is 25.1 Å². The van der Waals surface area contributed by atoms with Crippen LogP contribution in [0.1, 0.15) is 48.6 Å². The van der Waals surface area contributed by atoms with Gasteiger partial charge in [0, 0.05) is 13.5 Å². The number of hydrogen-bond donors (Lipinski definition) is 1. The molecule has 9 nitrogen and oxygen atoms in total. The van der Waals surface area contributed by atoms with Crippen LogP contribution in [0.5, 0.6) is 0 Å². The van der Waals surface area contributed by atoms with Gasteiger partial charge in [0.15, 0.2) is 5.76 Å². The molecule has 1 N–H and O–H groups in total. The number of nitrogens with zero attached hydrogens (tertiary/aromatic N) is 5. The maximum Gasteiger partial charge on any atom is 0.289 e. The molecule has 1 aliphatic rings. The fourth-order valence-electron chi connectivity index (χ4n) is 3.62. The van der Waals surface area contributed by atoms with E-state index in [1.165, 1.54) is 11.2 Å². The third kappa shape index (κ3) is 4.72. The van der Waals surface area contributed by atoms with Crippen LogP contribution in [-0.4, -0.2) is 70.9 Å². The highest BCUT2D eigenvalue weighted by Crippen LogP contribution is 2.15. The third-order valence-corrected chi connectivity index (χ3v) is 5.14. The van der Waals surface area contributed by atoms with Gasteiger partial charge in [0.2, 0.25) is 5.82 Å². The van der Waals surface area contributed by atoms with Crippen LogP contribution in [-0.2, 0) is 11.3 Å². The average molecular weight is 377 g/mol. The van der Waals surface area contributed by atoms with Crippen molar-refractivity contribution in [3.8, 4) is 0 Å². The molecule has 1 aliphatic heterocycles. The molecule has 9 heteroatoms. The summed E-state index contributed by atoms with van der Waals surface area (Å²) in [5.74, 6) is 1.29. The van der Waals surface area contributed by atoms with E-state index in [9.17, 15) is 4.79 Å². The highest BCUT2D eigenvalue weighted by molar-refractivity contribution is 5.91. The Bertz CT molecular complexity index is 694. The Morgan fingerprint density at radius 3 is 2.89 bits per heavy atom. The van der Waals surface area contributed by atoms with Crippen LogP contribution >= 0.6 is 0 Å². The lowest BCUT2D eigenvalue weighted by atomic mass is 10.1. The molecule has 0 spiro atoms. The highest BCUT2D eigenvalue weighted by atomic mass is 16.5. The molecule has 1 fully saturated rings. The van der Waals surface area contributed by atoms with Gasteiger partial charge in [-0.3, -0.25) is 4.79 Å². The van der Waals surface area contributed by atoms with Crippen LogP contribution in [0.25, 0.3) is 0 Å². The Kier molecular flexibility index (Phi) is 6.94. The molecule has 3 heterocycles. The molecular weight excluding hydrogens is 348 g/mol. The largest absolute Gasteiger partial charge is 0.459 e. The summed E-state index contributed by atoms with van der Waals surface area (Å²) in [4.78, 5) is 15.8. The lowest BCUT2D eigenvalue weighted by Crippen LogP contribution is -3.15. The van der Waals surface area contributed by atoms with E-state index in [0.717, 1.165) is 38.2 Å². The highest BCUT2D eigenvalue weighted by Gasteiger charge is 2.34. The first-order chi connectivity index (χ1) is 13.2. The van der Waals surface area contributed by atoms with Crippen molar-refractivity contribution in [2.75, 3.05) is 39.9 Å². The van der Waals surface area contributed by atoms with Gasteiger partial charge in [-0.15, -0.1) is 5.10 Å². The molecule has 0 saturated carbocycles. The topological polar surface area (TPSA) is 90.7 Å². The predicted molar refractivity (Wildman–Crippen MR) is 97.3 cm³/mol. The minimum Gasteiger partial charge on any atom is -0.459 e. The molecule has 148 valence electrons. The Morgan fingerprint density at radius 2 is 2.22 bits per heavy atom. The van der Waals surface area contributed by atoms with Crippen LogP contribution in [0.15, 0.2) is 22.8 Å². The average Bonchev–Trinajstić information content (AvgIpc) is 3.39. The molecule has 1 amide bonds. The summed E-state index contributed by atoms with van der Waals surface area (Å²) >= 11 is 0. The van der Waals surface area contributed by atoms with Gasteiger partial charge < -0.3 is 19.0 Å². The number of furan rings is 1. The molecule has 1 saturated heterocycles. The zero-order chi connectivity index (χ0) is 19.1. The summed E-state index contributed by atoms with van der Waals surface area (Å²) in [6, 6.07) is 3.70. The van der Waals surface area contributed by atoms with Gasteiger partial charge in [0.1, 0.15) is 6.04 Å². The number of hydrogen-bond acceptors (Lipinski definition) is 6. The fourth-order valence-corrected chi connectivity index (χ4v) is 3.62. The van der Waals surface area contributed by atoms with E-state index < -0.39 is 0 Å². The molecule has 1 atom stereocenters. The summed E-state index contributed by atoms with van der Waals surface area (Å²) in [5.41, 5.74) is 0. The molecule has 0 radical (unpaired) electrons. The first kappa shape index (κ1) is 19.5. The minimum absolute atomic E-state index is 0.0333. The molecule has 0 aliphatic carbocycles. The van der Waals surface area contributed by atoms with Gasteiger partial charge in [-0.05, 0) is 29.0 Å². The molecule has 27 heavy (non-hydrogen) atoms. The number of methoxy groups -OCH3 is 1. The Hall–Kier alpha value is -2.26. The second kappa shape index (κ2) is 9.61. The first-order valence-electron chi connectivity index (χ1n) is 9.67. The molecular formula is C18H29N6O3+. The van der Waals surface area contributed by atoms with Gasteiger partial charge in [-0.25, -0.2) is 4.68 Å². The molecule has 0 bridgehead atoms. The second-order valence-corrected chi connectivity index (χ2v) is 6.88.